The zero-order valence-electron chi connectivity index (χ0n) is 29.0. The monoisotopic (exact) mass is 716 g/mol. The summed E-state index contributed by atoms with van der Waals surface area (Å²) in [6.07, 6.45) is 7.94. The normalized spacial score (nSPS) is 28.8. The van der Waals surface area contributed by atoms with Crippen molar-refractivity contribution in [1.29, 1.82) is 0 Å². The molecule has 3 amide bonds. The second-order valence-corrected chi connectivity index (χ2v) is 16.7. The summed E-state index contributed by atoms with van der Waals surface area (Å²) in [5.74, 6) is -2.29. The number of sulfonamides is 1. The first-order chi connectivity index (χ1) is 23.7. The largest absolute Gasteiger partial charge is 0.491 e. The van der Waals surface area contributed by atoms with E-state index in [1.807, 2.05) is 26.0 Å². The van der Waals surface area contributed by atoms with Crippen LogP contribution in [0.15, 0.2) is 30.4 Å². The summed E-state index contributed by atoms with van der Waals surface area (Å²) >= 11 is 0. The Kier molecular flexibility index (Phi) is 9.76. The predicted octanol–water partition coefficient (Wildman–Crippen LogP) is 2.52. The molecule has 0 spiro atoms. The number of aromatic nitrogens is 1. The highest BCUT2D eigenvalue weighted by Crippen LogP contribution is 2.47. The molecule has 1 aromatic heterocycles. The summed E-state index contributed by atoms with van der Waals surface area (Å²) in [6, 6.07) is 2.71. The van der Waals surface area contributed by atoms with Crippen molar-refractivity contribution in [2.24, 2.45) is 5.92 Å². The van der Waals surface area contributed by atoms with Crippen LogP contribution in [-0.4, -0.2) is 84.3 Å². The second kappa shape index (κ2) is 13.6. The van der Waals surface area contributed by atoms with Crippen LogP contribution in [0, 0.1) is 11.7 Å². The number of halogens is 1. The lowest BCUT2D eigenvalue weighted by atomic mass is 10.1. The van der Waals surface area contributed by atoms with Gasteiger partial charge in [0, 0.05) is 30.2 Å². The standard InChI is InChI=1S/C35H46FN5O8S/c1-20(2)48-28-17-27(23-12-13-24(36)30(47-4)29(23)38-28)49-22-16-26-31(42)39-35(33(44)40-50(45,46)34(3)14-15-34)18-21(35)10-8-6-5-7-9-11-25(37)32(43)41(26)19-22/h8,10,12-13,17,20-22,25-26H,5-7,9,11,14-16,18-19,37H2,1-4H3,(H,39,42)(H,40,44)/p+1/b10-8-/t21?,22-,25+,26+,35-/m1/s1. The van der Waals surface area contributed by atoms with E-state index in [1.165, 1.54) is 24.1 Å². The van der Waals surface area contributed by atoms with Crippen LogP contribution in [0.25, 0.3) is 10.9 Å². The van der Waals surface area contributed by atoms with Crippen molar-refractivity contribution in [1.82, 2.24) is 19.9 Å². The van der Waals surface area contributed by atoms with E-state index in [0.717, 1.165) is 25.7 Å². The molecule has 2 aromatic rings. The molecule has 50 heavy (non-hydrogen) atoms. The van der Waals surface area contributed by atoms with Gasteiger partial charge in [-0.05, 0) is 71.4 Å². The number of benzene rings is 1. The maximum Gasteiger partial charge on any atom is 0.281 e. The van der Waals surface area contributed by atoms with Gasteiger partial charge in [-0.15, -0.1) is 0 Å². The zero-order valence-corrected chi connectivity index (χ0v) is 29.8. The molecule has 4 aliphatic rings. The quantitative estimate of drug-likeness (QED) is 0.346. The van der Waals surface area contributed by atoms with E-state index in [2.05, 4.69) is 20.8 Å². The Morgan fingerprint density at radius 3 is 2.66 bits per heavy atom. The number of pyridine rings is 1. The summed E-state index contributed by atoms with van der Waals surface area (Å²) in [5, 5.41) is 3.33. The molecule has 5 atom stereocenters. The van der Waals surface area contributed by atoms with Crippen molar-refractivity contribution < 1.29 is 47.1 Å². The molecule has 5 N–H and O–H groups in total. The summed E-state index contributed by atoms with van der Waals surface area (Å²) < 4.78 is 59.7. The minimum Gasteiger partial charge on any atom is -0.491 e. The molecule has 272 valence electrons. The molecule has 2 aliphatic heterocycles. The van der Waals surface area contributed by atoms with Gasteiger partial charge in [-0.2, -0.15) is 0 Å². The third-order valence-electron chi connectivity index (χ3n) is 10.3. The zero-order chi connectivity index (χ0) is 36.0. The number of ether oxygens (including phenoxy) is 3. The first-order valence-corrected chi connectivity index (χ1v) is 18.9. The Morgan fingerprint density at radius 1 is 1.20 bits per heavy atom. The SMILES string of the molecule is COc1c(F)ccc2c(O[C@@H]3C[C@H]4C(=O)N[C@]5(C(=O)NS(=O)(=O)C6(C)CC6)CC5/C=C\CCCCC[C@H]([NH3+])C(=O)N4C3)cc(OC(C)C)nc12. The third kappa shape index (κ3) is 6.98. The van der Waals surface area contributed by atoms with E-state index in [-0.39, 0.29) is 48.5 Å². The van der Waals surface area contributed by atoms with Crippen LogP contribution in [0.2, 0.25) is 0 Å². The Bertz CT molecular complexity index is 1820. The lowest BCUT2D eigenvalue weighted by molar-refractivity contribution is -0.407. The Labute approximate surface area is 291 Å². The number of allylic oxidation sites excluding steroid dienone is 1. The molecule has 0 bridgehead atoms. The lowest BCUT2D eigenvalue weighted by Crippen LogP contribution is -2.69. The number of hydrogen-bond donors (Lipinski definition) is 3. The van der Waals surface area contributed by atoms with Gasteiger partial charge >= 0.3 is 0 Å². The number of rotatable bonds is 8. The van der Waals surface area contributed by atoms with Crippen LogP contribution in [0.1, 0.15) is 78.6 Å². The number of quaternary nitrogens is 1. The van der Waals surface area contributed by atoms with Gasteiger partial charge in [0.1, 0.15) is 29.0 Å². The molecule has 13 nitrogen and oxygen atoms in total. The Hall–Kier alpha value is -3.98. The third-order valence-corrected chi connectivity index (χ3v) is 12.4. The van der Waals surface area contributed by atoms with Crippen molar-refractivity contribution in [3.63, 3.8) is 0 Å². The lowest BCUT2D eigenvalue weighted by Gasteiger charge is -2.27. The first kappa shape index (κ1) is 35.8. The molecular weight excluding hydrogens is 669 g/mol. The van der Waals surface area contributed by atoms with E-state index in [4.69, 9.17) is 14.2 Å². The van der Waals surface area contributed by atoms with Gasteiger partial charge in [0.25, 0.3) is 11.8 Å². The number of nitrogens with zero attached hydrogens (tertiary/aromatic N) is 2. The summed E-state index contributed by atoms with van der Waals surface area (Å²) in [4.78, 5) is 47.7. The van der Waals surface area contributed by atoms with Crippen molar-refractivity contribution in [2.75, 3.05) is 13.7 Å². The number of amides is 3. The number of carbonyl (C=O) groups is 3. The minimum atomic E-state index is -3.96. The number of carbonyl (C=O) groups excluding carboxylic acids is 3. The van der Waals surface area contributed by atoms with E-state index in [0.29, 0.717) is 30.4 Å². The van der Waals surface area contributed by atoms with Crippen LogP contribution in [-0.2, 0) is 24.4 Å². The number of methoxy groups -OCH3 is 1. The molecule has 3 heterocycles. The topological polar surface area (TPSA) is 181 Å². The van der Waals surface area contributed by atoms with E-state index in [1.54, 1.807) is 13.0 Å². The fourth-order valence-corrected chi connectivity index (χ4v) is 8.16. The van der Waals surface area contributed by atoms with Gasteiger partial charge in [0.2, 0.25) is 21.8 Å². The summed E-state index contributed by atoms with van der Waals surface area (Å²) in [6.45, 7) is 5.28. The van der Waals surface area contributed by atoms with Gasteiger partial charge in [-0.3, -0.25) is 19.1 Å². The molecule has 1 unspecified atom stereocenters. The molecule has 1 aromatic carbocycles. The minimum absolute atomic E-state index is 0.0424. The average Bonchev–Trinajstić information content (AvgIpc) is 3.93. The predicted molar refractivity (Wildman–Crippen MR) is 181 cm³/mol. The average molecular weight is 717 g/mol. The highest BCUT2D eigenvalue weighted by Gasteiger charge is 2.63. The van der Waals surface area contributed by atoms with Crippen molar-refractivity contribution in [3.05, 3.63) is 36.2 Å². The molecule has 15 heteroatoms. The van der Waals surface area contributed by atoms with Crippen LogP contribution >= 0.6 is 0 Å². The number of fused-ring (bicyclic) bond motifs is 3. The van der Waals surface area contributed by atoms with Crippen molar-refractivity contribution in [2.45, 2.75) is 113 Å². The molecule has 6 rings (SSSR count). The smallest absolute Gasteiger partial charge is 0.281 e. The molecular formula is C35H47FN5O8S+. The Morgan fingerprint density at radius 2 is 1.96 bits per heavy atom. The van der Waals surface area contributed by atoms with E-state index in [9.17, 15) is 27.2 Å². The fraction of sp³-hybridized carbons (Fsp3) is 0.600. The molecule has 3 fully saturated rings. The van der Waals surface area contributed by atoms with Gasteiger partial charge in [-0.25, -0.2) is 17.8 Å². The summed E-state index contributed by atoms with van der Waals surface area (Å²) in [5.41, 5.74) is 2.83. The maximum atomic E-state index is 14.7. The molecule has 0 radical (unpaired) electrons. The van der Waals surface area contributed by atoms with Crippen LogP contribution in [0.4, 0.5) is 4.39 Å². The van der Waals surface area contributed by atoms with Gasteiger partial charge in [0.15, 0.2) is 17.6 Å². The first-order valence-electron chi connectivity index (χ1n) is 17.4. The van der Waals surface area contributed by atoms with Crippen LogP contribution in [0.5, 0.6) is 17.4 Å². The van der Waals surface area contributed by atoms with Gasteiger partial charge in [-0.1, -0.05) is 18.6 Å². The van der Waals surface area contributed by atoms with Gasteiger partial charge < -0.3 is 30.2 Å². The molecule has 2 aliphatic carbocycles. The molecule has 2 saturated carbocycles. The number of hydrogen-bond acceptors (Lipinski definition) is 9. The van der Waals surface area contributed by atoms with Gasteiger partial charge in [0.05, 0.1) is 24.5 Å². The highest BCUT2D eigenvalue weighted by atomic mass is 32.2. The van der Waals surface area contributed by atoms with Crippen molar-refractivity contribution in [3.8, 4) is 17.4 Å². The Balaban J connectivity index is 1.31. The maximum absolute atomic E-state index is 14.7. The van der Waals surface area contributed by atoms with Crippen molar-refractivity contribution >= 4 is 38.6 Å². The highest BCUT2D eigenvalue weighted by molar-refractivity contribution is 7.91. The van der Waals surface area contributed by atoms with Crippen LogP contribution < -0.4 is 30.0 Å². The van der Waals surface area contributed by atoms with E-state index >= 15 is 0 Å². The fourth-order valence-electron chi connectivity index (χ4n) is 6.85. The summed E-state index contributed by atoms with van der Waals surface area (Å²) in [7, 11) is -2.62. The second-order valence-electron chi connectivity index (χ2n) is 14.5. The molecule has 1 saturated heterocycles. The van der Waals surface area contributed by atoms with E-state index < -0.39 is 62.0 Å². The number of nitrogens with one attached hydrogen (secondary N) is 2. The van der Waals surface area contributed by atoms with Crippen LogP contribution in [0.3, 0.4) is 0 Å².